The number of carbonyl (C=O) groups is 2. The fourth-order valence-electron chi connectivity index (χ4n) is 3.51. The van der Waals surface area contributed by atoms with Gasteiger partial charge in [0.05, 0.1) is 28.2 Å². The fraction of sp³-hybridized carbons (Fsp3) is 0.500. The van der Waals surface area contributed by atoms with Crippen LogP contribution in [-0.4, -0.2) is 51.5 Å². The van der Waals surface area contributed by atoms with Gasteiger partial charge in [-0.1, -0.05) is 45.0 Å². The second-order valence-electron chi connectivity index (χ2n) is 8.92. The van der Waals surface area contributed by atoms with Gasteiger partial charge in [0.1, 0.15) is 6.04 Å². The lowest BCUT2D eigenvalue weighted by Crippen LogP contribution is -2.54. The van der Waals surface area contributed by atoms with E-state index in [9.17, 15) is 14.7 Å². The van der Waals surface area contributed by atoms with E-state index in [0.29, 0.717) is 6.54 Å². The summed E-state index contributed by atoms with van der Waals surface area (Å²) >= 11 is 1.60. The van der Waals surface area contributed by atoms with Crippen molar-refractivity contribution in [2.24, 2.45) is 11.1 Å². The van der Waals surface area contributed by atoms with Crippen molar-refractivity contribution in [3.05, 3.63) is 41.0 Å². The van der Waals surface area contributed by atoms with E-state index in [-0.39, 0.29) is 37.2 Å². The van der Waals surface area contributed by atoms with Gasteiger partial charge in [-0.25, -0.2) is 4.98 Å². The van der Waals surface area contributed by atoms with Crippen LogP contribution in [0.25, 0.3) is 10.4 Å². The van der Waals surface area contributed by atoms with Crippen LogP contribution in [0.3, 0.4) is 0 Å². The molecule has 7 nitrogen and oxygen atoms in total. The molecule has 1 fully saturated rings. The summed E-state index contributed by atoms with van der Waals surface area (Å²) < 4.78 is 0. The SMILES string of the molecule is Cc1ncsc1-c1ccc(CNC(=O)[C@H]2C[C@H](O)CN2C(=O)[C@H](N)C(C)(C)C)cc1.Cl. The summed E-state index contributed by atoms with van der Waals surface area (Å²) in [5, 5.41) is 13.0. The number of likely N-dealkylation sites (tertiary alicyclic amines) is 1. The Bertz CT molecular complexity index is 910. The predicted octanol–water partition coefficient (Wildman–Crippen LogP) is 2.49. The second-order valence-corrected chi connectivity index (χ2v) is 9.78. The van der Waals surface area contributed by atoms with Crippen molar-refractivity contribution >= 4 is 35.6 Å². The van der Waals surface area contributed by atoms with Crippen molar-refractivity contribution in [2.75, 3.05) is 6.54 Å². The van der Waals surface area contributed by atoms with Crippen LogP contribution >= 0.6 is 23.7 Å². The molecule has 0 radical (unpaired) electrons. The highest BCUT2D eigenvalue weighted by molar-refractivity contribution is 7.13. The lowest BCUT2D eigenvalue weighted by molar-refractivity contribution is -0.141. The minimum atomic E-state index is -0.735. The molecule has 3 atom stereocenters. The fourth-order valence-corrected chi connectivity index (χ4v) is 4.33. The number of nitrogens with one attached hydrogen (secondary N) is 1. The third-order valence-corrected chi connectivity index (χ3v) is 6.47. The Balaban J connectivity index is 0.00000341. The molecule has 2 amide bonds. The number of β-amino-alcohol motifs (C(OH)–C–C–N with tert-alkyl or cyclic N) is 1. The van der Waals surface area contributed by atoms with Crippen LogP contribution < -0.4 is 11.1 Å². The summed E-state index contributed by atoms with van der Waals surface area (Å²) in [7, 11) is 0. The summed E-state index contributed by atoms with van der Waals surface area (Å²) in [6.07, 6.45) is -0.503. The molecule has 2 aromatic rings. The molecule has 1 aliphatic rings. The van der Waals surface area contributed by atoms with Gasteiger partial charge in [0.15, 0.2) is 0 Å². The van der Waals surface area contributed by atoms with Gasteiger partial charge in [-0.05, 0) is 23.5 Å². The largest absolute Gasteiger partial charge is 0.391 e. The highest BCUT2D eigenvalue weighted by atomic mass is 35.5. The average molecular weight is 467 g/mol. The van der Waals surface area contributed by atoms with Crippen LogP contribution in [0.2, 0.25) is 0 Å². The zero-order valence-electron chi connectivity index (χ0n) is 18.3. The van der Waals surface area contributed by atoms with Crippen molar-refractivity contribution in [3.63, 3.8) is 0 Å². The van der Waals surface area contributed by atoms with E-state index in [1.165, 1.54) is 4.90 Å². The van der Waals surface area contributed by atoms with Crippen molar-refractivity contribution in [1.82, 2.24) is 15.2 Å². The van der Waals surface area contributed by atoms with Crippen LogP contribution in [0, 0.1) is 12.3 Å². The second kappa shape index (κ2) is 10.1. The Hall–Kier alpha value is -2.00. The molecule has 1 aromatic heterocycles. The highest BCUT2D eigenvalue weighted by Gasteiger charge is 2.42. The molecule has 1 saturated heterocycles. The van der Waals surface area contributed by atoms with Crippen molar-refractivity contribution in [1.29, 1.82) is 0 Å². The number of nitrogens with two attached hydrogens (primary N) is 1. The maximum absolute atomic E-state index is 12.8. The van der Waals surface area contributed by atoms with Gasteiger partial charge < -0.3 is 21.1 Å². The summed E-state index contributed by atoms with van der Waals surface area (Å²) in [5.41, 5.74) is 10.6. The third kappa shape index (κ3) is 5.83. The molecule has 0 spiro atoms. The van der Waals surface area contributed by atoms with Gasteiger partial charge in [-0.15, -0.1) is 23.7 Å². The molecule has 0 bridgehead atoms. The number of nitrogens with zero attached hydrogens (tertiary/aromatic N) is 2. The predicted molar refractivity (Wildman–Crippen MR) is 125 cm³/mol. The van der Waals surface area contributed by atoms with Gasteiger partial charge in [-0.3, -0.25) is 9.59 Å². The number of aliphatic hydroxyl groups excluding tert-OH is 1. The van der Waals surface area contributed by atoms with E-state index in [0.717, 1.165) is 21.7 Å². The molecular weight excluding hydrogens is 436 g/mol. The van der Waals surface area contributed by atoms with Gasteiger partial charge in [0.2, 0.25) is 11.8 Å². The Kier molecular flexibility index (Phi) is 8.21. The topological polar surface area (TPSA) is 109 Å². The Morgan fingerprint density at radius 3 is 2.52 bits per heavy atom. The number of amides is 2. The molecule has 31 heavy (non-hydrogen) atoms. The number of hydrogen-bond acceptors (Lipinski definition) is 6. The first-order valence-electron chi connectivity index (χ1n) is 10.1. The van der Waals surface area contributed by atoms with Crippen LogP contribution in [0.1, 0.15) is 38.4 Å². The van der Waals surface area contributed by atoms with Gasteiger partial charge in [-0.2, -0.15) is 0 Å². The Labute approximate surface area is 193 Å². The van der Waals surface area contributed by atoms with Gasteiger partial charge in [0.25, 0.3) is 0 Å². The van der Waals surface area contributed by atoms with E-state index in [1.54, 1.807) is 11.3 Å². The van der Waals surface area contributed by atoms with E-state index in [2.05, 4.69) is 10.3 Å². The molecule has 170 valence electrons. The van der Waals surface area contributed by atoms with Crippen LogP contribution in [0.4, 0.5) is 0 Å². The van der Waals surface area contributed by atoms with Crippen LogP contribution in [0.15, 0.2) is 29.8 Å². The molecule has 9 heteroatoms. The van der Waals surface area contributed by atoms with E-state index in [4.69, 9.17) is 5.73 Å². The molecule has 3 rings (SSSR count). The zero-order chi connectivity index (χ0) is 22.1. The first-order chi connectivity index (χ1) is 14.1. The minimum absolute atomic E-state index is 0. The molecular formula is C22H31ClN4O3S. The van der Waals surface area contributed by atoms with E-state index < -0.39 is 23.6 Å². The zero-order valence-corrected chi connectivity index (χ0v) is 19.9. The standard InChI is InChI=1S/C22H30N4O3S.ClH/c1-13-18(30-12-25-13)15-7-5-14(6-8-15)10-24-20(28)17-9-16(27)11-26(17)21(29)19(23)22(2,3)4;/h5-8,12,16-17,19,27H,9-11,23H2,1-4H3,(H,24,28);1H/t16-,17+,19-;/m0./s1. The number of rotatable bonds is 5. The van der Waals surface area contributed by atoms with Gasteiger partial charge >= 0.3 is 0 Å². The maximum Gasteiger partial charge on any atom is 0.243 e. The smallest absolute Gasteiger partial charge is 0.243 e. The van der Waals surface area contributed by atoms with Gasteiger partial charge in [0, 0.05) is 19.5 Å². The normalized spacial score (nSPS) is 19.6. The highest BCUT2D eigenvalue weighted by Crippen LogP contribution is 2.27. The summed E-state index contributed by atoms with van der Waals surface area (Å²) in [4.78, 5) is 32.4. The van der Waals surface area contributed by atoms with Crippen LogP contribution in [-0.2, 0) is 16.1 Å². The van der Waals surface area contributed by atoms with Crippen LogP contribution in [0.5, 0.6) is 0 Å². The molecule has 4 N–H and O–H groups in total. The van der Waals surface area contributed by atoms with E-state index in [1.807, 2.05) is 57.5 Å². The number of benzene rings is 1. The lowest BCUT2D eigenvalue weighted by atomic mass is 9.86. The molecule has 1 aliphatic heterocycles. The number of carbonyl (C=O) groups excluding carboxylic acids is 2. The quantitative estimate of drug-likeness (QED) is 0.627. The first-order valence-corrected chi connectivity index (χ1v) is 11.0. The summed E-state index contributed by atoms with van der Waals surface area (Å²) in [5.74, 6) is -0.577. The molecule has 0 aliphatic carbocycles. The Morgan fingerprint density at radius 2 is 1.97 bits per heavy atom. The van der Waals surface area contributed by atoms with Crippen molar-refractivity contribution in [3.8, 4) is 10.4 Å². The monoisotopic (exact) mass is 466 g/mol. The summed E-state index contributed by atoms with van der Waals surface area (Å²) in [6.45, 7) is 8.11. The van der Waals surface area contributed by atoms with E-state index >= 15 is 0 Å². The maximum atomic E-state index is 12.8. The number of aryl methyl sites for hydroxylation is 1. The van der Waals surface area contributed by atoms with Crippen molar-refractivity contribution in [2.45, 2.75) is 58.8 Å². The number of aliphatic hydroxyl groups is 1. The number of halogens is 1. The Morgan fingerprint density at radius 1 is 1.32 bits per heavy atom. The minimum Gasteiger partial charge on any atom is -0.391 e. The number of hydrogen-bond donors (Lipinski definition) is 3. The molecule has 1 aromatic carbocycles. The molecule has 0 saturated carbocycles. The first kappa shape index (κ1) is 25.3. The summed E-state index contributed by atoms with van der Waals surface area (Å²) in [6, 6.07) is 6.52. The average Bonchev–Trinajstić information content (AvgIpc) is 3.30. The lowest BCUT2D eigenvalue weighted by Gasteiger charge is -2.32. The number of aromatic nitrogens is 1. The molecule has 2 heterocycles. The number of thiazole rings is 1. The van der Waals surface area contributed by atoms with Crippen molar-refractivity contribution < 1.29 is 14.7 Å². The third-order valence-electron chi connectivity index (χ3n) is 5.49. The molecule has 0 unspecified atom stereocenters.